The number of nitrogens with one attached hydrogen (secondary N) is 2. The predicted molar refractivity (Wildman–Crippen MR) is 84.5 cm³/mol. The van der Waals surface area contributed by atoms with Crippen molar-refractivity contribution in [2.75, 3.05) is 13.3 Å². The molecule has 2 N–H and O–H groups in total. The summed E-state index contributed by atoms with van der Waals surface area (Å²) >= 11 is 0. The van der Waals surface area contributed by atoms with Gasteiger partial charge in [-0.3, -0.25) is 9.59 Å². The molecule has 3 rings (SSSR count). The van der Waals surface area contributed by atoms with Crippen molar-refractivity contribution in [2.24, 2.45) is 0 Å². The average Bonchev–Trinajstić information content (AvgIpc) is 2.88. The monoisotopic (exact) mass is 318 g/mol. The van der Waals surface area contributed by atoms with E-state index in [1.807, 2.05) is 0 Å². The van der Waals surface area contributed by atoms with Gasteiger partial charge in [0.25, 0.3) is 5.91 Å². The van der Waals surface area contributed by atoms with Crippen LogP contribution in [0.5, 0.6) is 11.5 Å². The molecule has 0 radical (unpaired) electrons. The van der Waals surface area contributed by atoms with Gasteiger partial charge >= 0.3 is 0 Å². The van der Waals surface area contributed by atoms with E-state index in [1.54, 1.807) is 18.2 Å². The normalized spacial score (nSPS) is 17.4. The van der Waals surface area contributed by atoms with E-state index in [0.29, 0.717) is 17.1 Å². The van der Waals surface area contributed by atoms with E-state index in [4.69, 9.17) is 9.47 Å². The molecule has 1 saturated carbocycles. The van der Waals surface area contributed by atoms with Gasteiger partial charge in [0.05, 0.1) is 6.54 Å². The van der Waals surface area contributed by atoms with Crippen molar-refractivity contribution in [1.29, 1.82) is 0 Å². The molecule has 0 unspecified atom stereocenters. The summed E-state index contributed by atoms with van der Waals surface area (Å²) < 4.78 is 10.5. The van der Waals surface area contributed by atoms with Crippen molar-refractivity contribution in [1.82, 2.24) is 10.6 Å². The van der Waals surface area contributed by atoms with E-state index in [-0.39, 0.29) is 31.2 Å². The molecule has 1 fully saturated rings. The third kappa shape index (κ3) is 4.15. The van der Waals surface area contributed by atoms with Gasteiger partial charge in [-0.15, -0.1) is 0 Å². The Morgan fingerprint density at radius 2 is 1.78 bits per heavy atom. The molecule has 2 amide bonds. The first-order chi connectivity index (χ1) is 11.2. The van der Waals surface area contributed by atoms with Crippen molar-refractivity contribution < 1.29 is 19.1 Å². The number of amides is 2. The highest BCUT2D eigenvalue weighted by Crippen LogP contribution is 2.32. The van der Waals surface area contributed by atoms with Crippen LogP contribution in [0.25, 0.3) is 0 Å². The molecule has 0 spiro atoms. The van der Waals surface area contributed by atoms with Gasteiger partial charge in [-0.25, -0.2) is 0 Å². The molecular weight excluding hydrogens is 296 g/mol. The zero-order valence-corrected chi connectivity index (χ0v) is 13.1. The third-order valence-electron chi connectivity index (χ3n) is 4.26. The van der Waals surface area contributed by atoms with Gasteiger partial charge in [-0.2, -0.15) is 0 Å². The number of ether oxygens (including phenoxy) is 2. The summed E-state index contributed by atoms with van der Waals surface area (Å²) in [5.41, 5.74) is 0.455. The topological polar surface area (TPSA) is 76.7 Å². The maximum absolute atomic E-state index is 12.1. The number of carbonyl (C=O) groups excluding carboxylic acids is 2. The SMILES string of the molecule is O=C(CNC(=O)c1ccc2c(c1)OCO2)NC1CCCCCC1. The van der Waals surface area contributed by atoms with Gasteiger partial charge in [0.1, 0.15) is 0 Å². The van der Waals surface area contributed by atoms with Crippen molar-refractivity contribution in [2.45, 2.75) is 44.6 Å². The van der Waals surface area contributed by atoms with Crippen LogP contribution >= 0.6 is 0 Å². The minimum Gasteiger partial charge on any atom is -0.454 e. The first kappa shape index (κ1) is 15.6. The minimum absolute atomic E-state index is 0.0101. The van der Waals surface area contributed by atoms with Crippen LogP contribution in [-0.4, -0.2) is 31.2 Å². The summed E-state index contributed by atoms with van der Waals surface area (Å²) in [4.78, 5) is 24.1. The van der Waals surface area contributed by atoms with E-state index < -0.39 is 0 Å². The number of carbonyl (C=O) groups is 2. The Morgan fingerprint density at radius 1 is 1.04 bits per heavy atom. The molecule has 0 saturated heterocycles. The summed E-state index contributed by atoms with van der Waals surface area (Å²) in [5, 5.41) is 5.66. The first-order valence-corrected chi connectivity index (χ1v) is 8.19. The molecule has 1 aromatic carbocycles. The molecule has 1 aliphatic heterocycles. The van der Waals surface area contributed by atoms with Crippen LogP contribution in [0.4, 0.5) is 0 Å². The summed E-state index contributed by atoms with van der Waals surface area (Å²) in [6.07, 6.45) is 6.87. The molecule has 1 aromatic rings. The first-order valence-electron chi connectivity index (χ1n) is 8.19. The van der Waals surface area contributed by atoms with E-state index in [1.165, 1.54) is 12.8 Å². The predicted octanol–water partition coefficient (Wildman–Crippen LogP) is 1.98. The van der Waals surface area contributed by atoms with Gasteiger partial charge in [0.15, 0.2) is 11.5 Å². The fraction of sp³-hybridized carbons (Fsp3) is 0.529. The highest BCUT2D eigenvalue weighted by Gasteiger charge is 2.18. The average molecular weight is 318 g/mol. The number of benzene rings is 1. The van der Waals surface area contributed by atoms with Gasteiger partial charge in [0, 0.05) is 11.6 Å². The molecule has 0 atom stereocenters. The second kappa shape index (κ2) is 7.35. The highest BCUT2D eigenvalue weighted by atomic mass is 16.7. The molecular formula is C17H22N2O4. The van der Waals surface area contributed by atoms with Crippen LogP contribution in [0.15, 0.2) is 18.2 Å². The van der Waals surface area contributed by atoms with Gasteiger partial charge in [-0.1, -0.05) is 25.7 Å². The summed E-state index contributed by atoms with van der Waals surface area (Å²) in [7, 11) is 0. The standard InChI is InChI=1S/C17H22N2O4/c20-16(19-13-5-3-1-2-4-6-13)10-18-17(21)12-7-8-14-15(9-12)23-11-22-14/h7-9,13H,1-6,10-11H2,(H,18,21)(H,19,20). The maximum atomic E-state index is 12.1. The molecule has 0 aromatic heterocycles. The fourth-order valence-corrected chi connectivity index (χ4v) is 3.00. The zero-order chi connectivity index (χ0) is 16.1. The van der Waals surface area contributed by atoms with Crippen LogP contribution in [0.2, 0.25) is 0 Å². The number of hydrogen-bond donors (Lipinski definition) is 2. The van der Waals surface area contributed by atoms with Crippen LogP contribution in [-0.2, 0) is 4.79 Å². The number of rotatable bonds is 4. The van der Waals surface area contributed by atoms with E-state index >= 15 is 0 Å². The minimum atomic E-state index is -0.292. The summed E-state index contributed by atoms with van der Waals surface area (Å²) in [6.45, 7) is 0.161. The van der Waals surface area contributed by atoms with E-state index in [0.717, 1.165) is 25.7 Å². The third-order valence-corrected chi connectivity index (χ3v) is 4.26. The van der Waals surface area contributed by atoms with Crippen LogP contribution in [0.1, 0.15) is 48.9 Å². The Morgan fingerprint density at radius 3 is 2.57 bits per heavy atom. The Labute approximate surface area is 135 Å². The van der Waals surface area contributed by atoms with Gasteiger partial charge in [0.2, 0.25) is 12.7 Å². The Bertz CT molecular complexity index is 580. The second-order valence-corrected chi connectivity index (χ2v) is 6.01. The quantitative estimate of drug-likeness (QED) is 0.832. The van der Waals surface area contributed by atoms with Crippen molar-refractivity contribution >= 4 is 11.8 Å². The molecule has 1 heterocycles. The molecule has 23 heavy (non-hydrogen) atoms. The number of hydrogen-bond acceptors (Lipinski definition) is 4. The Balaban J connectivity index is 1.47. The summed E-state index contributed by atoms with van der Waals surface area (Å²) in [6, 6.07) is 5.22. The van der Waals surface area contributed by atoms with Crippen molar-refractivity contribution in [3.05, 3.63) is 23.8 Å². The van der Waals surface area contributed by atoms with Crippen LogP contribution < -0.4 is 20.1 Å². The summed E-state index contributed by atoms with van der Waals surface area (Å²) in [5.74, 6) is 0.763. The molecule has 1 aliphatic carbocycles. The van der Waals surface area contributed by atoms with Gasteiger partial charge in [-0.05, 0) is 31.0 Å². The molecule has 2 aliphatic rings. The van der Waals surface area contributed by atoms with Crippen molar-refractivity contribution in [3.8, 4) is 11.5 Å². The van der Waals surface area contributed by atoms with Crippen LogP contribution in [0.3, 0.4) is 0 Å². The lowest BCUT2D eigenvalue weighted by atomic mass is 10.1. The second-order valence-electron chi connectivity index (χ2n) is 6.01. The molecule has 6 nitrogen and oxygen atoms in total. The lowest BCUT2D eigenvalue weighted by molar-refractivity contribution is -0.120. The Kier molecular flexibility index (Phi) is 5.00. The van der Waals surface area contributed by atoms with E-state index in [9.17, 15) is 9.59 Å². The fourth-order valence-electron chi connectivity index (χ4n) is 3.00. The zero-order valence-electron chi connectivity index (χ0n) is 13.1. The Hall–Kier alpha value is -2.24. The van der Waals surface area contributed by atoms with E-state index in [2.05, 4.69) is 10.6 Å². The number of fused-ring (bicyclic) bond motifs is 1. The van der Waals surface area contributed by atoms with Crippen molar-refractivity contribution in [3.63, 3.8) is 0 Å². The highest BCUT2D eigenvalue weighted by molar-refractivity contribution is 5.97. The molecule has 124 valence electrons. The molecule has 6 heteroatoms. The van der Waals surface area contributed by atoms with Crippen LogP contribution in [0, 0.1) is 0 Å². The smallest absolute Gasteiger partial charge is 0.251 e. The lowest BCUT2D eigenvalue weighted by Crippen LogP contribution is -2.41. The largest absolute Gasteiger partial charge is 0.454 e. The maximum Gasteiger partial charge on any atom is 0.251 e. The van der Waals surface area contributed by atoms with Gasteiger partial charge < -0.3 is 20.1 Å². The molecule has 0 bridgehead atoms. The lowest BCUT2D eigenvalue weighted by Gasteiger charge is -2.16.